The number of benzene rings is 3. The summed E-state index contributed by atoms with van der Waals surface area (Å²) in [6.45, 7) is 33.0. The molecule has 1 N–H and O–H groups in total. The van der Waals surface area contributed by atoms with Gasteiger partial charge in [-0.1, -0.05) is 138 Å². The number of hydrogen-bond acceptors (Lipinski definition) is 4. The molecule has 57 heavy (non-hydrogen) atoms. The smallest absolute Gasteiger partial charge is 0.162 e. The molecule has 3 aromatic carbocycles. The Kier molecular flexibility index (Phi) is 15.1. The van der Waals surface area contributed by atoms with E-state index in [0.717, 1.165) is 16.6 Å². The number of rotatable bonds is 10. The van der Waals surface area contributed by atoms with Gasteiger partial charge < -0.3 is 5.11 Å². The Morgan fingerprint density at radius 1 is 0.772 bits per heavy atom. The average Bonchev–Trinajstić information content (AvgIpc) is 3.45. The van der Waals surface area contributed by atoms with E-state index >= 15 is 0 Å². The standard InChI is InChI=1S/C35H36NS.C17H32O2.Ir/c1-21(2)28-19-25(18-23-10-8-9-11-27(23)28)31-33-26(14-17-36-31)22(3)32(37-33)24-12-13-29-30(20-24)35(6,7)16-15-34(29,4)5;1-10(2)16(11(3)4)14(18)9-15(19)17(12(5)6)13(7)8;/h8-14,17,19-21H,15-16H2,1-7H3;9-13,16-18H,1-8H3;/q-1;;/b;14-9-;. The summed E-state index contributed by atoms with van der Waals surface area (Å²) in [6.07, 6.45) is 5.92. The van der Waals surface area contributed by atoms with E-state index in [9.17, 15) is 9.90 Å². The van der Waals surface area contributed by atoms with Gasteiger partial charge in [-0.25, -0.2) is 0 Å². The van der Waals surface area contributed by atoms with E-state index in [1.54, 1.807) is 0 Å². The Morgan fingerprint density at radius 3 is 1.93 bits per heavy atom. The zero-order valence-corrected chi connectivity index (χ0v) is 40.6. The average molecular weight is 963 g/mol. The van der Waals surface area contributed by atoms with Crippen LogP contribution in [-0.4, -0.2) is 15.9 Å². The molecule has 0 spiro atoms. The third-order valence-electron chi connectivity index (χ3n) is 12.5. The summed E-state index contributed by atoms with van der Waals surface area (Å²) >= 11 is 1.89. The van der Waals surface area contributed by atoms with Crippen molar-refractivity contribution in [3.63, 3.8) is 0 Å². The summed E-state index contributed by atoms with van der Waals surface area (Å²) in [4.78, 5) is 18.6. The number of carbonyl (C=O) groups excluding carboxylic acids is 1. The van der Waals surface area contributed by atoms with E-state index in [-0.39, 0.29) is 54.3 Å². The van der Waals surface area contributed by atoms with Crippen LogP contribution in [-0.2, 0) is 35.7 Å². The molecule has 5 heteroatoms. The number of thiophene rings is 1. The number of aryl methyl sites for hydroxylation is 1. The Bertz CT molecular complexity index is 2200. The molecule has 0 atom stereocenters. The Morgan fingerprint density at radius 2 is 1.35 bits per heavy atom. The van der Waals surface area contributed by atoms with Crippen LogP contribution in [0.25, 0.3) is 42.6 Å². The van der Waals surface area contributed by atoms with E-state index < -0.39 is 0 Å². The van der Waals surface area contributed by atoms with Gasteiger partial charge in [0.25, 0.3) is 0 Å². The molecule has 3 nitrogen and oxygen atoms in total. The van der Waals surface area contributed by atoms with Crippen molar-refractivity contribution in [2.45, 2.75) is 133 Å². The molecule has 1 aliphatic rings. The summed E-state index contributed by atoms with van der Waals surface area (Å²) < 4.78 is 1.26. The van der Waals surface area contributed by atoms with Crippen LogP contribution in [0.2, 0.25) is 0 Å². The summed E-state index contributed by atoms with van der Waals surface area (Å²) in [6, 6.07) is 24.1. The third kappa shape index (κ3) is 9.86. The van der Waals surface area contributed by atoms with E-state index in [1.807, 2.05) is 17.5 Å². The van der Waals surface area contributed by atoms with Gasteiger partial charge in [0.15, 0.2) is 5.78 Å². The molecular formula is C52H68IrNO2S-. The molecule has 309 valence electrons. The van der Waals surface area contributed by atoms with Crippen LogP contribution >= 0.6 is 11.3 Å². The van der Waals surface area contributed by atoms with Gasteiger partial charge in [0, 0.05) is 59.5 Å². The maximum atomic E-state index is 12.3. The Balaban J connectivity index is 0.000000309. The first-order valence-electron chi connectivity index (χ1n) is 21.1. The van der Waals surface area contributed by atoms with Crippen molar-refractivity contribution in [1.29, 1.82) is 0 Å². The zero-order valence-electron chi connectivity index (χ0n) is 37.4. The van der Waals surface area contributed by atoms with E-state index in [2.05, 4.69) is 165 Å². The molecule has 1 radical (unpaired) electrons. The van der Waals surface area contributed by atoms with Crippen molar-refractivity contribution in [3.8, 4) is 21.7 Å². The molecule has 0 unspecified atom stereocenters. The van der Waals surface area contributed by atoms with Gasteiger partial charge in [0.05, 0.1) is 5.76 Å². The van der Waals surface area contributed by atoms with Gasteiger partial charge >= 0.3 is 0 Å². The van der Waals surface area contributed by atoms with Crippen LogP contribution in [0.5, 0.6) is 0 Å². The van der Waals surface area contributed by atoms with Crippen molar-refractivity contribution in [3.05, 3.63) is 101 Å². The number of pyridine rings is 1. The number of aliphatic hydroxyl groups is 1. The minimum Gasteiger partial charge on any atom is -0.512 e. The van der Waals surface area contributed by atoms with Crippen molar-refractivity contribution in [2.24, 2.45) is 35.5 Å². The molecule has 0 amide bonds. The van der Waals surface area contributed by atoms with Gasteiger partial charge in [-0.2, -0.15) is 0 Å². The molecule has 6 rings (SSSR count). The van der Waals surface area contributed by atoms with E-state index in [1.165, 1.54) is 67.1 Å². The monoisotopic (exact) mass is 963 g/mol. The number of allylic oxidation sites excluding steroid dienone is 2. The van der Waals surface area contributed by atoms with E-state index in [0.29, 0.717) is 29.6 Å². The molecule has 2 aromatic heterocycles. The quantitative estimate of drug-likeness (QED) is 0.0862. The van der Waals surface area contributed by atoms with Crippen molar-refractivity contribution >= 4 is 38.0 Å². The minimum absolute atomic E-state index is 0. The first kappa shape index (κ1) is 46.6. The molecule has 1 aliphatic carbocycles. The van der Waals surface area contributed by atoms with Crippen LogP contribution in [0.3, 0.4) is 0 Å². The Hall–Kier alpha value is -3.11. The number of aliphatic hydroxyl groups excluding tert-OH is 1. The maximum absolute atomic E-state index is 12.3. The molecule has 2 heterocycles. The van der Waals surface area contributed by atoms with Gasteiger partial charge in [-0.05, 0) is 100.0 Å². The first-order chi connectivity index (χ1) is 26.2. The van der Waals surface area contributed by atoms with Gasteiger partial charge in [0.2, 0.25) is 0 Å². The molecule has 0 fully saturated rings. The number of aromatic nitrogens is 1. The second kappa shape index (κ2) is 18.4. The predicted octanol–water partition coefficient (Wildman–Crippen LogP) is 15.2. The van der Waals surface area contributed by atoms with Crippen LogP contribution < -0.4 is 0 Å². The number of ketones is 1. The predicted molar refractivity (Wildman–Crippen MR) is 243 cm³/mol. The third-order valence-corrected chi connectivity index (χ3v) is 13.8. The zero-order chi connectivity index (χ0) is 41.4. The molecule has 5 aromatic rings. The van der Waals surface area contributed by atoms with Crippen molar-refractivity contribution in [2.75, 3.05) is 0 Å². The topological polar surface area (TPSA) is 50.2 Å². The second-order valence-corrected chi connectivity index (χ2v) is 20.5. The van der Waals surface area contributed by atoms with Crippen LogP contribution in [0, 0.1) is 48.5 Å². The fourth-order valence-electron chi connectivity index (χ4n) is 9.43. The number of carbonyl (C=O) groups is 1. The maximum Gasteiger partial charge on any atom is 0.162 e. The fraction of sp³-hybridized carbons (Fsp3) is 0.500. The van der Waals surface area contributed by atoms with Gasteiger partial charge in [-0.3, -0.25) is 9.78 Å². The van der Waals surface area contributed by atoms with Crippen LogP contribution in [0.15, 0.2) is 72.6 Å². The minimum atomic E-state index is -0.0119. The molecule has 0 saturated heterocycles. The van der Waals surface area contributed by atoms with Crippen molar-refractivity contribution in [1.82, 2.24) is 4.98 Å². The molecule has 0 aliphatic heterocycles. The van der Waals surface area contributed by atoms with E-state index in [4.69, 9.17) is 4.98 Å². The normalized spacial score (nSPS) is 15.2. The molecule has 0 saturated carbocycles. The Labute approximate surface area is 362 Å². The number of hydrogen-bond donors (Lipinski definition) is 1. The van der Waals surface area contributed by atoms with Crippen LogP contribution in [0.4, 0.5) is 0 Å². The van der Waals surface area contributed by atoms with Gasteiger partial charge in [-0.15, -0.1) is 40.5 Å². The summed E-state index contributed by atoms with van der Waals surface area (Å²) in [5.74, 6) is 2.06. The summed E-state index contributed by atoms with van der Waals surface area (Å²) in [5, 5.41) is 14.0. The molecular weight excluding hydrogens is 895 g/mol. The summed E-state index contributed by atoms with van der Waals surface area (Å²) in [5.41, 5.74) is 9.64. The number of nitrogens with zero attached hydrogens (tertiary/aromatic N) is 1. The second-order valence-electron chi connectivity index (χ2n) is 19.5. The first-order valence-corrected chi connectivity index (χ1v) is 21.9. The molecule has 0 bridgehead atoms. The van der Waals surface area contributed by atoms with Crippen molar-refractivity contribution < 1.29 is 30.0 Å². The van der Waals surface area contributed by atoms with Crippen LogP contribution in [0.1, 0.15) is 138 Å². The summed E-state index contributed by atoms with van der Waals surface area (Å²) in [7, 11) is 0. The SMILES string of the molecule is CC(C)C(C(=O)/C=C(\O)C(C(C)C)C(C)C)C(C)C.Cc1c(-c2ccc3c(c2)C(C)(C)CCC3(C)C)sc2c(-c3[c-]c4ccccc4c(C(C)C)c3)nccc12.[Ir]. The van der Waals surface area contributed by atoms with Gasteiger partial charge in [0.1, 0.15) is 0 Å². The largest absolute Gasteiger partial charge is 0.512 e. The fourth-order valence-corrected chi connectivity index (χ4v) is 10.7. The number of fused-ring (bicyclic) bond motifs is 3.